The lowest BCUT2D eigenvalue weighted by molar-refractivity contribution is -0.139. The number of halogens is 1. The molecule has 120 valence electrons. The lowest BCUT2D eigenvalue weighted by atomic mass is 10.2. The van der Waals surface area contributed by atoms with Crippen LogP contribution in [0.15, 0.2) is 41.4 Å². The first kappa shape index (κ1) is 16.8. The number of aryl methyl sites for hydroxylation is 1. The highest BCUT2D eigenvalue weighted by molar-refractivity contribution is 6.32. The lowest BCUT2D eigenvalue weighted by Gasteiger charge is -2.11. The second-order valence-corrected chi connectivity index (χ2v) is 5.17. The molecule has 0 spiro atoms. The molecule has 0 aromatic heterocycles. The number of hydrogen-bond acceptors (Lipinski definition) is 4. The Kier molecular flexibility index (Phi) is 5.60. The van der Waals surface area contributed by atoms with Crippen molar-refractivity contribution in [3.05, 3.63) is 52.5 Å². The van der Waals surface area contributed by atoms with Crippen molar-refractivity contribution in [3.8, 4) is 11.5 Å². The van der Waals surface area contributed by atoms with Gasteiger partial charge in [-0.3, -0.25) is 4.99 Å². The minimum atomic E-state index is -1.09. The third kappa shape index (κ3) is 4.47. The molecule has 23 heavy (non-hydrogen) atoms. The minimum Gasteiger partial charge on any atom is -0.493 e. The maximum absolute atomic E-state index is 10.6. The highest BCUT2D eigenvalue weighted by Gasteiger charge is 2.13. The Morgan fingerprint density at radius 1 is 1.35 bits per heavy atom. The molecule has 0 saturated carbocycles. The van der Waals surface area contributed by atoms with E-state index in [0.717, 1.165) is 16.8 Å². The van der Waals surface area contributed by atoms with Gasteiger partial charge in [-0.25, -0.2) is 4.79 Å². The van der Waals surface area contributed by atoms with Gasteiger partial charge in [0.2, 0.25) is 0 Å². The van der Waals surface area contributed by atoms with Gasteiger partial charge < -0.3 is 14.6 Å². The van der Waals surface area contributed by atoms with Gasteiger partial charge in [0.1, 0.15) is 0 Å². The first-order valence-corrected chi connectivity index (χ1v) is 7.21. The topological polar surface area (TPSA) is 68.1 Å². The van der Waals surface area contributed by atoms with Crippen LogP contribution in [0.25, 0.3) is 0 Å². The summed E-state index contributed by atoms with van der Waals surface area (Å²) in [7, 11) is 1.46. The van der Waals surface area contributed by atoms with Crippen LogP contribution in [0.2, 0.25) is 5.02 Å². The molecule has 0 radical (unpaired) electrons. The van der Waals surface area contributed by atoms with Gasteiger partial charge in [-0.15, -0.1) is 0 Å². The van der Waals surface area contributed by atoms with Crippen LogP contribution in [-0.2, 0) is 4.79 Å². The van der Waals surface area contributed by atoms with Crippen molar-refractivity contribution >= 4 is 29.5 Å². The molecule has 0 saturated heterocycles. The summed E-state index contributed by atoms with van der Waals surface area (Å²) in [6.45, 7) is 1.48. The molecule has 0 atom stereocenters. The smallest absolute Gasteiger partial charge is 0.341 e. The Balaban J connectivity index is 2.29. The molecule has 1 N–H and O–H groups in total. The molecule has 5 nitrogen and oxygen atoms in total. The third-order valence-electron chi connectivity index (χ3n) is 3.06. The third-order valence-corrected chi connectivity index (χ3v) is 3.34. The Labute approximate surface area is 139 Å². The molecular weight excluding hydrogens is 318 g/mol. The van der Waals surface area contributed by atoms with E-state index in [0.29, 0.717) is 5.75 Å². The zero-order valence-electron chi connectivity index (χ0n) is 12.7. The fraction of sp³-hybridized carbons (Fsp3) is 0.176. The summed E-state index contributed by atoms with van der Waals surface area (Å²) in [6, 6.07) is 11.1. The van der Waals surface area contributed by atoms with E-state index in [9.17, 15) is 4.79 Å². The lowest BCUT2D eigenvalue weighted by Crippen LogP contribution is -2.10. The number of methoxy groups -OCH3 is 1. The van der Waals surface area contributed by atoms with Crippen molar-refractivity contribution in [2.75, 3.05) is 13.7 Å². The average molecular weight is 334 g/mol. The number of hydrogen-bond donors (Lipinski definition) is 1. The van der Waals surface area contributed by atoms with Crippen LogP contribution in [0.3, 0.4) is 0 Å². The Morgan fingerprint density at radius 3 is 2.74 bits per heavy atom. The van der Waals surface area contributed by atoms with Crippen molar-refractivity contribution < 1.29 is 19.4 Å². The minimum absolute atomic E-state index is 0.199. The quantitative estimate of drug-likeness (QED) is 0.815. The van der Waals surface area contributed by atoms with Gasteiger partial charge in [-0.05, 0) is 36.2 Å². The zero-order chi connectivity index (χ0) is 16.8. The van der Waals surface area contributed by atoms with Crippen LogP contribution in [0, 0.1) is 6.92 Å². The number of ether oxygens (including phenoxy) is 2. The second-order valence-electron chi connectivity index (χ2n) is 4.76. The van der Waals surface area contributed by atoms with E-state index < -0.39 is 12.6 Å². The SMILES string of the molecule is COc1cc(C=Nc2ccccc2C)cc(Cl)c1OCC(=O)O. The predicted molar refractivity (Wildman–Crippen MR) is 89.6 cm³/mol. The molecular formula is C17H16ClNO4. The molecule has 2 aromatic rings. The number of carboxylic acids is 1. The Morgan fingerprint density at radius 2 is 2.09 bits per heavy atom. The molecule has 0 aliphatic heterocycles. The van der Waals surface area contributed by atoms with Gasteiger partial charge in [0.15, 0.2) is 18.1 Å². The molecule has 2 aromatic carbocycles. The fourth-order valence-corrected chi connectivity index (χ4v) is 2.21. The summed E-state index contributed by atoms with van der Waals surface area (Å²) in [5.41, 5.74) is 2.63. The Bertz CT molecular complexity index is 743. The second kappa shape index (κ2) is 7.65. The number of aliphatic imine (C=N–C) groups is 1. The van der Waals surface area contributed by atoms with Crippen LogP contribution in [0.1, 0.15) is 11.1 Å². The maximum atomic E-state index is 10.6. The predicted octanol–water partition coefficient (Wildman–Crippen LogP) is 3.87. The van der Waals surface area contributed by atoms with Crippen LogP contribution in [-0.4, -0.2) is 31.0 Å². The summed E-state index contributed by atoms with van der Waals surface area (Å²) in [4.78, 5) is 15.0. The molecule has 6 heteroatoms. The van der Waals surface area contributed by atoms with E-state index in [-0.39, 0.29) is 10.8 Å². The monoisotopic (exact) mass is 333 g/mol. The summed E-state index contributed by atoms with van der Waals surface area (Å²) >= 11 is 6.15. The normalized spacial score (nSPS) is 10.7. The number of para-hydroxylation sites is 1. The van der Waals surface area contributed by atoms with Gasteiger partial charge in [0.25, 0.3) is 0 Å². The maximum Gasteiger partial charge on any atom is 0.341 e. The molecule has 2 rings (SSSR count). The largest absolute Gasteiger partial charge is 0.493 e. The van der Waals surface area contributed by atoms with Crippen molar-refractivity contribution in [2.24, 2.45) is 4.99 Å². The number of carbonyl (C=O) groups is 1. The van der Waals surface area contributed by atoms with Crippen molar-refractivity contribution in [2.45, 2.75) is 6.92 Å². The van der Waals surface area contributed by atoms with E-state index >= 15 is 0 Å². The number of rotatable bonds is 6. The number of carboxylic acid groups (broad SMARTS) is 1. The molecule has 0 aliphatic carbocycles. The number of benzene rings is 2. The highest BCUT2D eigenvalue weighted by Crippen LogP contribution is 2.36. The standard InChI is InChI=1S/C17H16ClNO4/c1-11-5-3-4-6-14(11)19-9-12-7-13(18)17(15(8-12)22-2)23-10-16(20)21/h3-9H,10H2,1-2H3,(H,20,21). The molecule has 0 heterocycles. The van der Waals surface area contributed by atoms with Crippen molar-refractivity contribution in [1.29, 1.82) is 0 Å². The number of nitrogens with zero attached hydrogens (tertiary/aromatic N) is 1. The zero-order valence-corrected chi connectivity index (χ0v) is 13.5. The summed E-state index contributed by atoms with van der Waals surface area (Å²) in [5.74, 6) is -0.539. The van der Waals surface area contributed by atoms with Crippen molar-refractivity contribution in [1.82, 2.24) is 0 Å². The van der Waals surface area contributed by atoms with Gasteiger partial charge in [0, 0.05) is 6.21 Å². The Hall–Kier alpha value is -2.53. The molecule has 0 aliphatic rings. The van der Waals surface area contributed by atoms with Crippen LogP contribution < -0.4 is 9.47 Å². The molecule has 0 fully saturated rings. The van der Waals surface area contributed by atoms with Gasteiger partial charge in [-0.1, -0.05) is 29.8 Å². The molecule has 0 amide bonds. The first-order chi connectivity index (χ1) is 11.0. The first-order valence-electron chi connectivity index (χ1n) is 6.83. The highest BCUT2D eigenvalue weighted by atomic mass is 35.5. The van der Waals surface area contributed by atoms with E-state index in [1.54, 1.807) is 18.3 Å². The van der Waals surface area contributed by atoms with Gasteiger partial charge in [0.05, 0.1) is 17.8 Å². The van der Waals surface area contributed by atoms with Crippen LogP contribution in [0.5, 0.6) is 11.5 Å². The van der Waals surface area contributed by atoms with E-state index in [4.69, 9.17) is 26.2 Å². The van der Waals surface area contributed by atoms with E-state index in [1.807, 2.05) is 31.2 Å². The van der Waals surface area contributed by atoms with Crippen LogP contribution >= 0.6 is 11.6 Å². The molecule has 0 unspecified atom stereocenters. The van der Waals surface area contributed by atoms with E-state index in [2.05, 4.69) is 4.99 Å². The summed E-state index contributed by atoms with van der Waals surface area (Å²) in [6.07, 6.45) is 1.66. The summed E-state index contributed by atoms with van der Waals surface area (Å²) in [5, 5.41) is 8.95. The summed E-state index contributed by atoms with van der Waals surface area (Å²) < 4.78 is 10.4. The van der Waals surface area contributed by atoms with Crippen molar-refractivity contribution in [3.63, 3.8) is 0 Å². The van der Waals surface area contributed by atoms with Gasteiger partial charge in [-0.2, -0.15) is 0 Å². The van der Waals surface area contributed by atoms with Crippen LogP contribution in [0.4, 0.5) is 5.69 Å². The fourth-order valence-electron chi connectivity index (χ4n) is 1.94. The average Bonchev–Trinajstić information content (AvgIpc) is 2.52. The van der Waals surface area contributed by atoms with E-state index in [1.165, 1.54) is 7.11 Å². The number of aliphatic carboxylic acids is 1. The molecule has 0 bridgehead atoms. The van der Waals surface area contributed by atoms with Gasteiger partial charge >= 0.3 is 5.97 Å².